The highest BCUT2D eigenvalue weighted by Crippen LogP contribution is 2.28. The van der Waals surface area contributed by atoms with Gasteiger partial charge in [-0.3, -0.25) is 10.3 Å². The molecular formula is C15H16N2O. The SMILES string of the molecule is C(#Cc1ccccc1)C1=CC2(CCNCC2)ON1. The average molecular weight is 240 g/mol. The minimum atomic E-state index is -0.147. The first-order valence-corrected chi connectivity index (χ1v) is 6.31. The number of nitrogens with one attached hydrogen (secondary N) is 2. The minimum absolute atomic E-state index is 0.147. The van der Waals surface area contributed by atoms with Crippen molar-refractivity contribution in [1.82, 2.24) is 10.8 Å². The van der Waals surface area contributed by atoms with E-state index in [0.29, 0.717) is 0 Å². The molecule has 0 radical (unpaired) electrons. The number of piperidine rings is 1. The quantitative estimate of drug-likeness (QED) is 0.675. The van der Waals surface area contributed by atoms with E-state index in [1.807, 2.05) is 30.3 Å². The number of benzene rings is 1. The molecule has 3 heteroatoms. The molecule has 2 N–H and O–H groups in total. The molecule has 1 aromatic rings. The van der Waals surface area contributed by atoms with Crippen LogP contribution in [0.2, 0.25) is 0 Å². The van der Waals surface area contributed by atoms with Crippen molar-refractivity contribution < 1.29 is 4.84 Å². The average Bonchev–Trinajstić information content (AvgIpc) is 2.82. The van der Waals surface area contributed by atoms with E-state index in [1.165, 1.54) is 0 Å². The van der Waals surface area contributed by atoms with Gasteiger partial charge in [0.2, 0.25) is 0 Å². The topological polar surface area (TPSA) is 33.3 Å². The molecule has 1 aromatic carbocycles. The Kier molecular flexibility index (Phi) is 3.06. The van der Waals surface area contributed by atoms with Crippen LogP contribution in [-0.2, 0) is 4.84 Å². The van der Waals surface area contributed by atoms with Gasteiger partial charge in [0.1, 0.15) is 11.3 Å². The summed E-state index contributed by atoms with van der Waals surface area (Å²) in [6, 6.07) is 9.98. The maximum Gasteiger partial charge on any atom is 0.119 e. The molecule has 0 unspecified atom stereocenters. The highest BCUT2D eigenvalue weighted by molar-refractivity contribution is 5.41. The second kappa shape index (κ2) is 4.85. The summed E-state index contributed by atoms with van der Waals surface area (Å²) in [6.45, 7) is 2.00. The summed E-state index contributed by atoms with van der Waals surface area (Å²) in [6.07, 6.45) is 4.12. The molecule has 0 bridgehead atoms. The maximum absolute atomic E-state index is 5.70. The van der Waals surface area contributed by atoms with Gasteiger partial charge in [0.15, 0.2) is 0 Å². The molecule has 0 amide bonds. The van der Waals surface area contributed by atoms with Crippen LogP contribution in [-0.4, -0.2) is 18.7 Å². The van der Waals surface area contributed by atoms with Crippen LogP contribution < -0.4 is 10.8 Å². The first-order chi connectivity index (χ1) is 8.86. The van der Waals surface area contributed by atoms with E-state index in [1.54, 1.807) is 0 Å². The third kappa shape index (κ3) is 2.40. The van der Waals surface area contributed by atoms with Gasteiger partial charge in [0, 0.05) is 5.56 Å². The molecule has 92 valence electrons. The molecule has 3 rings (SSSR count). The van der Waals surface area contributed by atoms with Gasteiger partial charge in [-0.2, -0.15) is 0 Å². The molecule has 2 aliphatic heterocycles. The summed E-state index contributed by atoms with van der Waals surface area (Å²) < 4.78 is 0. The Morgan fingerprint density at radius 1 is 1.06 bits per heavy atom. The zero-order valence-electron chi connectivity index (χ0n) is 10.2. The Hall–Kier alpha value is -1.76. The van der Waals surface area contributed by atoms with Crippen molar-refractivity contribution in [3.8, 4) is 11.8 Å². The van der Waals surface area contributed by atoms with E-state index in [-0.39, 0.29) is 5.60 Å². The Morgan fingerprint density at radius 2 is 1.83 bits per heavy atom. The normalized spacial score (nSPS) is 20.8. The predicted octanol–water partition coefficient (Wildman–Crippen LogP) is 1.58. The van der Waals surface area contributed by atoms with Gasteiger partial charge < -0.3 is 5.32 Å². The fraction of sp³-hybridized carbons (Fsp3) is 0.333. The van der Waals surface area contributed by atoms with Gasteiger partial charge in [-0.25, -0.2) is 0 Å². The Morgan fingerprint density at radius 3 is 2.61 bits per heavy atom. The molecule has 0 aromatic heterocycles. The van der Waals surface area contributed by atoms with Gasteiger partial charge in [-0.1, -0.05) is 24.1 Å². The van der Waals surface area contributed by atoms with Gasteiger partial charge in [0.25, 0.3) is 0 Å². The zero-order chi connectivity index (χ0) is 12.3. The standard InChI is InChI=1S/C15H16N2O/c1-2-4-13(5-3-1)6-7-14-12-15(18-17-14)8-10-16-11-9-15/h1-5,12,16-17H,8-11H2. The molecule has 2 heterocycles. The van der Waals surface area contributed by atoms with Gasteiger partial charge in [0.05, 0.1) is 0 Å². The monoisotopic (exact) mass is 240 g/mol. The van der Waals surface area contributed by atoms with E-state index < -0.39 is 0 Å². The summed E-state index contributed by atoms with van der Waals surface area (Å²) >= 11 is 0. The van der Waals surface area contributed by atoms with E-state index in [2.05, 4.69) is 28.7 Å². The molecule has 1 spiro atoms. The lowest BCUT2D eigenvalue weighted by atomic mass is 9.92. The van der Waals surface area contributed by atoms with Crippen molar-refractivity contribution in [3.63, 3.8) is 0 Å². The van der Waals surface area contributed by atoms with E-state index in [0.717, 1.165) is 37.2 Å². The summed E-state index contributed by atoms with van der Waals surface area (Å²) in [7, 11) is 0. The van der Waals surface area contributed by atoms with Crippen LogP contribution in [0.25, 0.3) is 0 Å². The molecule has 0 atom stereocenters. The number of rotatable bonds is 0. The van der Waals surface area contributed by atoms with E-state index in [9.17, 15) is 0 Å². The fourth-order valence-corrected chi connectivity index (χ4v) is 2.30. The highest BCUT2D eigenvalue weighted by atomic mass is 16.7. The molecule has 3 nitrogen and oxygen atoms in total. The molecular weight excluding hydrogens is 224 g/mol. The van der Waals surface area contributed by atoms with Crippen molar-refractivity contribution in [1.29, 1.82) is 0 Å². The first-order valence-electron chi connectivity index (χ1n) is 6.31. The van der Waals surface area contributed by atoms with Gasteiger partial charge in [-0.05, 0) is 50.1 Å². The lowest BCUT2D eigenvalue weighted by Crippen LogP contribution is -2.41. The van der Waals surface area contributed by atoms with Crippen LogP contribution in [0.1, 0.15) is 18.4 Å². The minimum Gasteiger partial charge on any atom is -0.316 e. The van der Waals surface area contributed by atoms with E-state index >= 15 is 0 Å². The van der Waals surface area contributed by atoms with Gasteiger partial charge >= 0.3 is 0 Å². The number of hydroxylamine groups is 1. The maximum atomic E-state index is 5.70. The highest BCUT2D eigenvalue weighted by Gasteiger charge is 2.35. The lowest BCUT2D eigenvalue weighted by molar-refractivity contribution is -0.0556. The second-order valence-electron chi connectivity index (χ2n) is 4.69. The van der Waals surface area contributed by atoms with Crippen LogP contribution in [0.3, 0.4) is 0 Å². The largest absolute Gasteiger partial charge is 0.316 e. The Bertz CT molecular complexity index is 504. The van der Waals surface area contributed by atoms with Crippen molar-refractivity contribution in [2.45, 2.75) is 18.4 Å². The van der Waals surface area contributed by atoms with Crippen LogP contribution in [0.15, 0.2) is 42.1 Å². The molecule has 18 heavy (non-hydrogen) atoms. The van der Waals surface area contributed by atoms with E-state index in [4.69, 9.17) is 4.84 Å². The Balaban J connectivity index is 1.75. The molecule has 0 aliphatic carbocycles. The van der Waals surface area contributed by atoms with Crippen LogP contribution in [0.4, 0.5) is 0 Å². The van der Waals surface area contributed by atoms with Crippen molar-refractivity contribution in [3.05, 3.63) is 47.7 Å². The van der Waals surface area contributed by atoms with Crippen molar-refractivity contribution >= 4 is 0 Å². The number of allylic oxidation sites excluding steroid dienone is 1. The molecule has 1 fully saturated rings. The third-order valence-electron chi connectivity index (χ3n) is 3.34. The number of hydrogen-bond donors (Lipinski definition) is 2. The smallest absolute Gasteiger partial charge is 0.119 e. The summed E-state index contributed by atoms with van der Waals surface area (Å²) in [5.41, 5.74) is 4.70. The molecule has 0 saturated carbocycles. The first kappa shape index (κ1) is 11.3. The van der Waals surface area contributed by atoms with Gasteiger partial charge in [-0.15, -0.1) is 0 Å². The predicted molar refractivity (Wildman–Crippen MR) is 70.5 cm³/mol. The van der Waals surface area contributed by atoms with Crippen molar-refractivity contribution in [2.24, 2.45) is 0 Å². The second-order valence-corrected chi connectivity index (χ2v) is 4.69. The fourth-order valence-electron chi connectivity index (χ4n) is 2.30. The van der Waals surface area contributed by atoms with Crippen molar-refractivity contribution in [2.75, 3.05) is 13.1 Å². The number of hydrogen-bond acceptors (Lipinski definition) is 3. The molecule has 1 saturated heterocycles. The molecule has 2 aliphatic rings. The van der Waals surface area contributed by atoms with Crippen LogP contribution >= 0.6 is 0 Å². The summed E-state index contributed by atoms with van der Waals surface area (Å²) in [5.74, 6) is 6.26. The Labute approximate surface area is 107 Å². The summed E-state index contributed by atoms with van der Waals surface area (Å²) in [4.78, 5) is 5.70. The lowest BCUT2D eigenvalue weighted by Gasteiger charge is -2.29. The third-order valence-corrected chi connectivity index (χ3v) is 3.34. The summed E-state index contributed by atoms with van der Waals surface area (Å²) in [5, 5.41) is 3.34. The van der Waals surface area contributed by atoms with Crippen LogP contribution in [0.5, 0.6) is 0 Å². The zero-order valence-corrected chi connectivity index (χ0v) is 10.2. The van der Waals surface area contributed by atoms with Crippen LogP contribution in [0, 0.1) is 11.8 Å².